The van der Waals surface area contributed by atoms with Gasteiger partial charge in [0.2, 0.25) is 5.89 Å². The van der Waals surface area contributed by atoms with Crippen molar-refractivity contribution in [1.29, 1.82) is 0 Å². The largest absolute Gasteiger partial charge is 0.444 e. The fraction of sp³-hybridized carbons (Fsp3) is 0.480. The summed E-state index contributed by atoms with van der Waals surface area (Å²) in [7, 11) is 0. The highest BCUT2D eigenvalue weighted by molar-refractivity contribution is 5.80. The summed E-state index contributed by atoms with van der Waals surface area (Å²) in [5, 5.41) is 3.47. The lowest BCUT2D eigenvalue weighted by atomic mass is 10.1. The summed E-state index contributed by atoms with van der Waals surface area (Å²) in [6.07, 6.45) is 1.60. The number of para-hydroxylation sites is 2. The van der Waals surface area contributed by atoms with Crippen molar-refractivity contribution in [1.82, 2.24) is 14.9 Å². The zero-order chi connectivity index (χ0) is 23.8. The van der Waals surface area contributed by atoms with Crippen LogP contribution in [0.5, 0.6) is 0 Å². The molecule has 3 aromatic rings. The molecule has 3 heterocycles. The van der Waals surface area contributed by atoms with Crippen molar-refractivity contribution in [2.24, 2.45) is 0 Å². The number of nitrogens with zero attached hydrogens (tertiary/aromatic N) is 4. The van der Waals surface area contributed by atoms with Crippen LogP contribution in [0.3, 0.4) is 0 Å². The van der Waals surface area contributed by atoms with Gasteiger partial charge in [0.15, 0.2) is 5.58 Å². The van der Waals surface area contributed by atoms with E-state index in [1.165, 1.54) is 0 Å². The van der Waals surface area contributed by atoms with E-state index in [0.717, 1.165) is 28.2 Å². The maximum atomic E-state index is 12.4. The summed E-state index contributed by atoms with van der Waals surface area (Å²) >= 11 is 0. The van der Waals surface area contributed by atoms with E-state index in [9.17, 15) is 4.79 Å². The SMILES string of the molecule is CC(C)(C)Nc1ncc(N2CCN(C(=O)OC(C)(C)C)CC2)cc1-c1nc2ccccc2o1. The fourth-order valence-electron chi connectivity index (χ4n) is 3.71. The second-order valence-corrected chi connectivity index (χ2v) is 10.4. The van der Waals surface area contributed by atoms with E-state index in [-0.39, 0.29) is 11.6 Å². The Kier molecular flexibility index (Phi) is 5.95. The van der Waals surface area contributed by atoms with Gasteiger partial charge in [-0.3, -0.25) is 0 Å². The van der Waals surface area contributed by atoms with Crippen molar-refractivity contribution in [3.63, 3.8) is 0 Å². The minimum atomic E-state index is -0.498. The molecule has 0 atom stereocenters. The summed E-state index contributed by atoms with van der Waals surface area (Å²) in [6, 6.07) is 9.79. The Labute approximate surface area is 194 Å². The number of benzene rings is 1. The van der Waals surface area contributed by atoms with Crippen molar-refractivity contribution in [2.75, 3.05) is 36.4 Å². The van der Waals surface area contributed by atoms with Gasteiger partial charge < -0.3 is 24.3 Å². The minimum Gasteiger partial charge on any atom is -0.444 e. The third kappa shape index (κ3) is 5.56. The molecule has 4 rings (SSSR count). The number of piperazine rings is 1. The number of carbonyl (C=O) groups is 1. The molecule has 1 saturated heterocycles. The Morgan fingerprint density at radius 2 is 1.76 bits per heavy atom. The Bertz CT molecular complexity index is 1100. The highest BCUT2D eigenvalue weighted by atomic mass is 16.6. The third-order valence-corrected chi connectivity index (χ3v) is 5.19. The Balaban J connectivity index is 1.59. The average molecular weight is 452 g/mol. The van der Waals surface area contributed by atoms with Crippen molar-refractivity contribution in [2.45, 2.75) is 52.7 Å². The number of ether oxygens (including phenoxy) is 1. The van der Waals surface area contributed by atoms with E-state index < -0.39 is 5.60 Å². The smallest absolute Gasteiger partial charge is 0.410 e. The van der Waals surface area contributed by atoms with Crippen molar-refractivity contribution >= 4 is 28.7 Å². The van der Waals surface area contributed by atoms with Gasteiger partial charge in [-0.25, -0.2) is 14.8 Å². The highest BCUT2D eigenvalue weighted by Gasteiger charge is 2.27. The van der Waals surface area contributed by atoms with Crippen LogP contribution in [0.2, 0.25) is 0 Å². The van der Waals surface area contributed by atoms with Crippen LogP contribution < -0.4 is 10.2 Å². The summed E-state index contributed by atoms with van der Waals surface area (Å²) in [4.78, 5) is 25.8. The monoisotopic (exact) mass is 451 g/mol. The molecule has 0 spiro atoms. The van der Waals surface area contributed by atoms with Gasteiger partial charge in [0, 0.05) is 31.7 Å². The molecule has 8 nitrogen and oxygen atoms in total. The number of amides is 1. The molecule has 1 fully saturated rings. The van der Waals surface area contributed by atoms with E-state index in [2.05, 4.69) is 37.1 Å². The number of hydrogen-bond donors (Lipinski definition) is 1. The number of anilines is 2. The first-order valence-corrected chi connectivity index (χ1v) is 11.4. The van der Waals surface area contributed by atoms with Crippen LogP contribution in [0.25, 0.3) is 22.6 Å². The van der Waals surface area contributed by atoms with Crippen LogP contribution in [0.1, 0.15) is 41.5 Å². The number of pyridine rings is 1. The molecule has 1 aliphatic rings. The van der Waals surface area contributed by atoms with Gasteiger partial charge >= 0.3 is 6.09 Å². The Hall–Kier alpha value is -3.29. The highest BCUT2D eigenvalue weighted by Crippen LogP contribution is 2.33. The van der Waals surface area contributed by atoms with E-state index in [4.69, 9.17) is 19.1 Å². The topological polar surface area (TPSA) is 83.7 Å². The van der Waals surface area contributed by atoms with Crippen LogP contribution in [0.15, 0.2) is 40.9 Å². The minimum absolute atomic E-state index is 0.172. The zero-order valence-electron chi connectivity index (χ0n) is 20.3. The third-order valence-electron chi connectivity index (χ3n) is 5.19. The fourth-order valence-corrected chi connectivity index (χ4v) is 3.71. The number of oxazole rings is 1. The van der Waals surface area contributed by atoms with E-state index in [1.807, 2.05) is 51.2 Å². The Morgan fingerprint density at radius 3 is 2.39 bits per heavy atom. The second kappa shape index (κ2) is 8.57. The van der Waals surface area contributed by atoms with Gasteiger partial charge in [-0.15, -0.1) is 0 Å². The molecule has 2 aromatic heterocycles. The number of hydrogen-bond acceptors (Lipinski definition) is 7. The van der Waals surface area contributed by atoms with Crippen molar-refractivity contribution in [3.05, 3.63) is 36.5 Å². The molecule has 1 N–H and O–H groups in total. The summed E-state index contributed by atoms with van der Waals surface area (Å²) in [5.41, 5.74) is 2.66. The first-order valence-electron chi connectivity index (χ1n) is 11.4. The second-order valence-electron chi connectivity index (χ2n) is 10.4. The molecule has 0 unspecified atom stereocenters. The van der Waals surface area contributed by atoms with Crippen LogP contribution in [-0.2, 0) is 4.74 Å². The number of rotatable bonds is 3. The first kappa shape index (κ1) is 22.9. The summed E-state index contributed by atoms with van der Waals surface area (Å²) < 4.78 is 11.6. The molecular formula is C25H33N5O3. The van der Waals surface area contributed by atoms with E-state index in [0.29, 0.717) is 32.1 Å². The maximum absolute atomic E-state index is 12.4. The van der Waals surface area contributed by atoms with Crippen LogP contribution >= 0.6 is 0 Å². The predicted molar refractivity (Wildman–Crippen MR) is 131 cm³/mol. The molecular weight excluding hydrogens is 418 g/mol. The lowest BCUT2D eigenvalue weighted by Gasteiger charge is -2.36. The first-order chi connectivity index (χ1) is 15.5. The van der Waals surface area contributed by atoms with Gasteiger partial charge in [-0.2, -0.15) is 0 Å². The average Bonchev–Trinajstić information content (AvgIpc) is 3.16. The zero-order valence-corrected chi connectivity index (χ0v) is 20.3. The van der Waals surface area contributed by atoms with Crippen LogP contribution in [0.4, 0.5) is 16.3 Å². The van der Waals surface area contributed by atoms with Gasteiger partial charge in [-0.1, -0.05) is 12.1 Å². The van der Waals surface area contributed by atoms with Crippen molar-refractivity contribution in [3.8, 4) is 11.5 Å². The molecule has 0 aliphatic carbocycles. The number of aromatic nitrogens is 2. The molecule has 1 amide bonds. The Morgan fingerprint density at radius 1 is 1.06 bits per heavy atom. The normalized spacial score (nSPS) is 15.1. The lowest BCUT2D eigenvalue weighted by Crippen LogP contribution is -2.50. The van der Waals surface area contributed by atoms with E-state index >= 15 is 0 Å². The number of carbonyl (C=O) groups excluding carboxylic acids is 1. The predicted octanol–water partition coefficient (Wildman–Crippen LogP) is 5.16. The summed E-state index contributed by atoms with van der Waals surface area (Å²) in [5.74, 6) is 1.26. The van der Waals surface area contributed by atoms with E-state index in [1.54, 1.807) is 4.90 Å². The molecule has 8 heteroatoms. The van der Waals surface area contributed by atoms with Gasteiger partial charge in [0.1, 0.15) is 16.9 Å². The molecule has 0 bridgehead atoms. The molecule has 176 valence electrons. The standard InChI is InChI=1S/C25H33N5O3/c1-24(2,3)28-21-18(22-27-19-9-7-8-10-20(19)32-22)15-17(16-26-21)29-11-13-30(14-12-29)23(31)33-25(4,5)6/h7-10,15-16H,11-14H2,1-6H3,(H,26,28). The molecule has 33 heavy (non-hydrogen) atoms. The summed E-state index contributed by atoms with van der Waals surface area (Å²) in [6.45, 7) is 14.5. The molecule has 1 aliphatic heterocycles. The van der Waals surface area contributed by atoms with Crippen LogP contribution in [0, 0.1) is 0 Å². The maximum Gasteiger partial charge on any atom is 0.410 e. The van der Waals surface area contributed by atoms with Crippen LogP contribution in [-0.4, -0.2) is 58.3 Å². The quantitative estimate of drug-likeness (QED) is 0.589. The number of nitrogens with one attached hydrogen (secondary N) is 1. The lowest BCUT2D eigenvalue weighted by molar-refractivity contribution is 0.0240. The number of fused-ring (bicyclic) bond motifs is 1. The van der Waals surface area contributed by atoms with Gasteiger partial charge in [0.05, 0.1) is 17.4 Å². The van der Waals surface area contributed by atoms with Gasteiger partial charge in [0.25, 0.3) is 0 Å². The molecule has 1 aromatic carbocycles. The molecule has 0 saturated carbocycles. The van der Waals surface area contributed by atoms with Crippen molar-refractivity contribution < 1.29 is 13.9 Å². The molecule has 0 radical (unpaired) electrons. The van der Waals surface area contributed by atoms with Gasteiger partial charge in [-0.05, 0) is 59.7 Å².